The molecule has 0 aromatic heterocycles. The first-order valence-electron chi connectivity index (χ1n) is 8.79. The molecular formula is C18H27ClN2O4S. The number of piperidine rings is 1. The zero-order chi connectivity index (χ0) is 19.5. The predicted octanol–water partition coefficient (Wildman–Crippen LogP) is 3.05. The van der Waals surface area contributed by atoms with Crippen molar-refractivity contribution in [3.63, 3.8) is 0 Å². The highest BCUT2D eigenvalue weighted by Crippen LogP contribution is 2.30. The van der Waals surface area contributed by atoms with Crippen molar-refractivity contribution in [1.29, 1.82) is 0 Å². The number of benzene rings is 1. The summed E-state index contributed by atoms with van der Waals surface area (Å²) in [5, 5.41) is 3.23. The Hall–Kier alpha value is -1.31. The molecule has 8 heteroatoms. The molecular weight excluding hydrogens is 376 g/mol. The lowest BCUT2D eigenvalue weighted by atomic mass is 9.96. The van der Waals surface area contributed by atoms with E-state index in [0.29, 0.717) is 38.3 Å². The fourth-order valence-electron chi connectivity index (χ4n) is 2.89. The largest absolute Gasteiger partial charge is 0.492 e. The fourth-order valence-corrected chi connectivity index (χ4v) is 4.69. The lowest BCUT2D eigenvalue weighted by Gasteiger charge is -2.32. The monoisotopic (exact) mass is 402 g/mol. The fraction of sp³-hybridized carbons (Fsp3) is 0.611. The molecule has 0 bridgehead atoms. The second kappa shape index (κ2) is 8.15. The number of amides is 1. The number of nitrogens with zero attached hydrogens (tertiary/aromatic N) is 1. The molecule has 0 saturated carbocycles. The van der Waals surface area contributed by atoms with Crippen LogP contribution in [0.4, 0.5) is 0 Å². The van der Waals surface area contributed by atoms with Crippen molar-refractivity contribution in [2.75, 3.05) is 19.7 Å². The average molecular weight is 403 g/mol. The van der Waals surface area contributed by atoms with E-state index in [1.807, 2.05) is 27.7 Å². The third kappa shape index (κ3) is 5.11. The van der Waals surface area contributed by atoms with Crippen molar-refractivity contribution in [3.05, 3.63) is 23.2 Å². The van der Waals surface area contributed by atoms with E-state index in [-0.39, 0.29) is 27.3 Å². The van der Waals surface area contributed by atoms with Crippen molar-refractivity contribution in [3.8, 4) is 5.75 Å². The first kappa shape index (κ1) is 21.0. The van der Waals surface area contributed by atoms with Crippen LogP contribution in [0.5, 0.6) is 5.75 Å². The van der Waals surface area contributed by atoms with Crippen LogP contribution in [-0.4, -0.2) is 43.9 Å². The number of sulfonamides is 1. The van der Waals surface area contributed by atoms with Crippen molar-refractivity contribution in [1.82, 2.24) is 9.62 Å². The number of carbonyl (C=O) groups excluding carboxylic acids is 1. The molecule has 2 rings (SSSR count). The highest BCUT2D eigenvalue weighted by molar-refractivity contribution is 7.89. The molecule has 1 N–H and O–H groups in total. The smallest absolute Gasteiger partial charge is 0.243 e. The minimum Gasteiger partial charge on any atom is -0.492 e. The summed E-state index contributed by atoms with van der Waals surface area (Å²) >= 11 is 6.12. The Balaban J connectivity index is 2.06. The van der Waals surface area contributed by atoms with Gasteiger partial charge in [-0.3, -0.25) is 4.79 Å². The summed E-state index contributed by atoms with van der Waals surface area (Å²) in [4.78, 5) is 12.4. The van der Waals surface area contributed by atoms with Gasteiger partial charge in [0.1, 0.15) is 5.75 Å². The maximum Gasteiger partial charge on any atom is 0.243 e. The number of ether oxygens (including phenoxy) is 1. The topological polar surface area (TPSA) is 75.7 Å². The molecule has 1 aromatic rings. The zero-order valence-electron chi connectivity index (χ0n) is 15.7. The van der Waals surface area contributed by atoms with Crippen LogP contribution in [0, 0.1) is 5.92 Å². The minimum atomic E-state index is -3.64. The van der Waals surface area contributed by atoms with Crippen molar-refractivity contribution < 1.29 is 17.9 Å². The van der Waals surface area contributed by atoms with E-state index in [2.05, 4.69) is 5.32 Å². The molecule has 146 valence electrons. The van der Waals surface area contributed by atoms with Crippen LogP contribution >= 0.6 is 11.6 Å². The number of halogens is 1. The van der Waals surface area contributed by atoms with Gasteiger partial charge in [-0.15, -0.1) is 0 Å². The van der Waals surface area contributed by atoms with Crippen molar-refractivity contribution in [2.45, 2.75) is 51.0 Å². The second-order valence-corrected chi connectivity index (χ2v) is 9.79. The number of hydrogen-bond donors (Lipinski definition) is 1. The second-order valence-electron chi connectivity index (χ2n) is 7.44. The summed E-state index contributed by atoms with van der Waals surface area (Å²) in [5.74, 6) is 0.286. The Bertz CT molecular complexity index is 751. The van der Waals surface area contributed by atoms with Gasteiger partial charge in [0.15, 0.2) is 0 Å². The van der Waals surface area contributed by atoms with Gasteiger partial charge in [0.2, 0.25) is 15.9 Å². The molecule has 0 spiro atoms. The van der Waals surface area contributed by atoms with Gasteiger partial charge in [0, 0.05) is 24.5 Å². The average Bonchev–Trinajstić information content (AvgIpc) is 2.55. The Morgan fingerprint density at radius 1 is 1.31 bits per heavy atom. The van der Waals surface area contributed by atoms with Gasteiger partial charge >= 0.3 is 0 Å². The Morgan fingerprint density at radius 3 is 2.42 bits per heavy atom. The standard InChI is InChI=1S/C18H27ClN2O4S/c1-5-25-16-7-6-14(12-15(16)19)26(23,24)21-10-8-13(9-11-21)17(22)20-18(2,3)4/h6-7,12-13H,5,8-11H2,1-4H3,(H,20,22). The van der Waals surface area contributed by atoms with E-state index in [1.165, 1.54) is 16.4 Å². The molecule has 6 nitrogen and oxygen atoms in total. The zero-order valence-corrected chi connectivity index (χ0v) is 17.3. The Kier molecular flexibility index (Phi) is 6.58. The van der Waals surface area contributed by atoms with Gasteiger partial charge in [-0.25, -0.2) is 8.42 Å². The van der Waals surface area contributed by atoms with Crippen LogP contribution in [0.1, 0.15) is 40.5 Å². The number of nitrogens with one attached hydrogen (secondary N) is 1. The molecule has 0 aliphatic carbocycles. The maximum absolute atomic E-state index is 12.8. The van der Waals surface area contributed by atoms with Crippen LogP contribution in [0.15, 0.2) is 23.1 Å². The van der Waals surface area contributed by atoms with Gasteiger partial charge in [-0.05, 0) is 58.7 Å². The van der Waals surface area contributed by atoms with Gasteiger partial charge in [0.05, 0.1) is 16.5 Å². The Morgan fingerprint density at radius 2 is 1.92 bits per heavy atom. The first-order valence-corrected chi connectivity index (χ1v) is 10.6. The third-order valence-electron chi connectivity index (χ3n) is 4.16. The van der Waals surface area contributed by atoms with E-state index in [0.717, 1.165) is 0 Å². The highest BCUT2D eigenvalue weighted by atomic mass is 35.5. The molecule has 1 aromatic carbocycles. The lowest BCUT2D eigenvalue weighted by molar-refractivity contribution is -0.127. The van der Waals surface area contributed by atoms with Gasteiger partial charge in [-0.2, -0.15) is 4.31 Å². The number of hydrogen-bond acceptors (Lipinski definition) is 4. The lowest BCUT2D eigenvalue weighted by Crippen LogP contribution is -2.47. The molecule has 1 heterocycles. The normalized spacial score (nSPS) is 17.1. The van der Waals surface area contributed by atoms with Crippen LogP contribution in [0.3, 0.4) is 0 Å². The number of rotatable bonds is 5. The quantitative estimate of drug-likeness (QED) is 0.821. The molecule has 1 aliphatic heterocycles. The molecule has 1 aliphatic rings. The first-order chi connectivity index (χ1) is 12.0. The van der Waals surface area contributed by atoms with Crippen LogP contribution in [0.2, 0.25) is 5.02 Å². The summed E-state index contributed by atoms with van der Waals surface area (Å²) < 4.78 is 32.4. The molecule has 1 saturated heterocycles. The van der Waals surface area contributed by atoms with E-state index in [4.69, 9.17) is 16.3 Å². The van der Waals surface area contributed by atoms with E-state index < -0.39 is 10.0 Å². The summed E-state index contributed by atoms with van der Waals surface area (Å²) in [6.07, 6.45) is 1.01. The molecule has 0 radical (unpaired) electrons. The molecule has 0 unspecified atom stereocenters. The minimum absolute atomic E-state index is 0.0151. The molecule has 0 atom stereocenters. The third-order valence-corrected chi connectivity index (χ3v) is 6.35. The number of carbonyl (C=O) groups is 1. The van der Waals surface area contributed by atoms with Crippen LogP contribution in [-0.2, 0) is 14.8 Å². The summed E-state index contributed by atoms with van der Waals surface area (Å²) in [6, 6.07) is 4.49. The molecule has 1 fully saturated rings. The van der Waals surface area contributed by atoms with Crippen LogP contribution in [0.25, 0.3) is 0 Å². The SMILES string of the molecule is CCOc1ccc(S(=O)(=O)N2CCC(C(=O)NC(C)(C)C)CC2)cc1Cl. The summed E-state index contributed by atoms with van der Waals surface area (Å²) in [7, 11) is -3.64. The highest BCUT2D eigenvalue weighted by Gasteiger charge is 2.33. The molecule has 1 amide bonds. The predicted molar refractivity (Wildman–Crippen MR) is 102 cm³/mol. The maximum atomic E-state index is 12.8. The van der Waals surface area contributed by atoms with Crippen molar-refractivity contribution in [2.24, 2.45) is 5.92 Å². The Labute approximate surface area is 160 Å². The van der Waals surface area contributed by atoms with E-state index in [9.17, 15) is 13.2 Å². The van der Waals surface area contributed by atoms with Gasteiger partial charge in [0.25, 0.3) is 0 Å². The molecule has 26 heavy (non-hydrogen) atoms. The van der Waals surface area contributed by atoms with Gasteiger partial charge < -0.3 is 10.1 Å². The summed E-state index contributed by atoms with van der Waals surface area (Å²) in [6.45, 7) is 8.71. The van der Waals surface area contributed by atoms with E-state index >= 15 is 0 Å². The van der Waals surface area contributed by atoms with Gasteiger partial charge in [-0.1, -0.05) is 11.6 Å². The summed E-state index contributed by atoms with van der Waals surface area (Å²) in [5.41, 5.74) is -0.292. The van der Waals surface area contributed by atoms with Crippen LogP contribution < -0.4 is 10.1 Å². The van der Waals surface area contributed by atoms with Crippen molar-refractivity contribution >= 4 is 27.5 Å². The van der Waals surface area contributed by atoms with E-state index in [1.54, 1.807) is 6.07 Å².